The van der Waals surface area contributed by atoms with Gasteiger partial charge in [-0.3, -0.25) is 0 Å². The van der Waals surface area contributed by atoms with Crippen molar-refractivity contribution < 1.29 is 9.34 Å². The molecule has 0 saturated carbocycles. The first kappa shape index (κ1) is 10.2. The lowest BCUT2D eigenvalue weighted by Gasteiger charge is -2.10. The zero-order chi connectivity index (χ0) is 11.5. The number of hydrogen-bond donors (Lipinski definition) is 2. The van der Waals surface area contributed by atoms with Gasteiger partial charge in [0.25, 0.3) is 0 Å². The van der Waals surface area contributed by atoms with Crippen molar-refractivity contribution in [3.63, 3.8) is 0 Å². The van der Waals surface area contributed by atoms with Crippen LogP contribution in [0.15, 0.2) is 29.0 Å². The highest BCUT2D eigenvalue weighted by atomic mass is 16.6. The molecule has 2 N–H and O–H groups in total. The van der Waals surface area contributed by atoms with Gasteiger partial charge in [-0.2, -0.15) is 0 Å². The highest BCUT2D eigenvalue weighted by Crippen LogP contribution is 2.25. The molecule has 2 rings (SSSR count). The first-order chi connectivity index (χ1) is 7.68. The fourth-order valence-electron chi connectivity index (χ4n) is 1.37. The van der Waals surface area contributed by atoms with Crippen LogP contribution in [0, 0.1) is 10.1 Å². The molecule has 16 heavy (non-hydrogen) atoms. The van der Waals surface area contributed by atoms with E-state index in [-0.39, 0.29) is 11.9 Å². The van der Waals surface area contributed by atoms with E-state index in [1.165, 1.54) is 6.20 Å². The summed E-state index contributed by atoms with van der Waals surface area (Å²) in [5.74, 6) is 0.550. The van der Waals surface area contributed by atoms with Crippen molar-refractivity contribution in [3.05, 3.63) is 40.5 Å². The molecular formula is C9H10N4O3. The van der Waals surface area contributed by atoms with Gasteiger partial charge >= 0.3 is 5.82 Å². The lowest BCUT2D eigenvalue weighted by atomic mass is 10.2. The van der Waals surface area contributed by atoms with E-state index in [2.05, 4.69) is 15.5 Å². The Bertz CT molecular complexity index is 477. The molecule has 0 aliphatic heterocycles. The summed E-state index contributed by atoms with van der Waals surface area (Å²) >= 11 is 0. The molecule has 0 aliphatic rings. The van der Waals surface area contributed by atoms with E-state index in [0.29, 0.717) is 11.4 Å². The van der Waals surface area contributed by atoms with Gasteiger partial charge in [0, 0.05) is 0 Å². The van der Waals surface area contributed by atoms with Gasteiger partial charge in [-0.25, -0.2) is 0 Å². The molecule has 0 aromatic carbocycles. The smallest absolute Gasteiger partial charge is 0.366 e. The fraction of sp³-hybridized carbons (Fsp3) is 0.222. The number of nitrogens with zero attached hydrogens (tertiary/aromatic N) is 2. The van der Waals surface area contributed by atoms with Crippen LogP contribution in [0.4, 0.5) is 11.5 Å². The second-order valence-electron chi connectivity index (χ2n) is 3.27. The lowest BCUT2D eigenvalue weighted by Crippen LogP contribution is -2.06. The molecule has 0 bridgehead atoms. The van der Waals surface area contributed by atoms with Crippen molar-refractivity contribution in [1.29, 1.82) is 0 Å². The minimum atomic E-state index is -0.524. The van der Waals surface area contributed by atoms with E-state index in [4.69, 9.17) is 4.42 Å². The van der Waals surface area contributed by atoms with Crippen LogP contribution in [0.2, 0.25) is 0 Å². The van der Waals surface area contributed by atoms with Gasteiger partial charge in [0.15, 0.2) is 5.69 Å². The predicted molar refractivity (Wildman–Crippen MR) is 56.0 cm³/mol. The Balaban J connectivity index is 2.15. The van der Waals surface area contributed by atoms with Gasteiger partial charge in [0.05, 0.1) is 12.3 Å². The summed E-state index contributed by atoms with van der Waals surface area (Å²) in [4.78, 5) is 10.1. The van der Waals surface area contributed by atoms with Crippen LogP contribution >= 0.6 is 0 Å². The van der Waals surface area contributed by atoms with Gasteiger partial charge in [-0.15, -0.1) is 5.10 Å². The third-order valence-corrected chi connectivity index (χ3v) is 2.14. The monoisotopic (exact) mass is 222 g/mol. The number of H-pyrrole nitrogens is 1. The maximum absolute atomic E-state index is 10.6. The van der Waals surface area contributed by atoms with Crippen molar-refractivity contribution in [3.8, 4) is 0 Å². The number of rotatable bonds is 4. The number of furan rings is 1. The summed E-state index contributed by atoms with van der Waals surface area (Å²) in [6.07, 6.45) is 2.93. The van der Waals surface area contributed by atoms with Gasteiger partial charge in [0.2, 0.25) is 0 Å². The summed E-state index contributed by atoms with van der Waals surface area (Å²) < 4.78 is 5.18. The quantitative estimate of drug-likeness (QED) is 0.609. The molecule has 0 saturated heterocycles. The van der Waals surface area contributed by atoms with Gasteiger partial charge < -0.3 is 19.8 Å². The van der Waals surface area contributed by atoms with E-state index < -0.39 is 4.92 Å². The topological polar surface area (TPSA) is 97.0 Å². The second kappa shape index (κ2) is 4.05. The first-order valence-corrected chi connectivity index (χ1v) is 4.66. The fourth-order valence-corrected chi connectivity index (χ4v) is 1.37. The highest BCUT2D eigenvalue weighted by Gasteiger charge is 2.18. The Morgan fingerprint density at radius 2 is 2.50 bits per heavy atom. The van der Waals surface area contributed by atoms with E-state index >= 15 is 0 Å². The lowest BCUT2D eigenvalue weighted by molar-refractivity contribution is -0.388. The molecular weight excluding hydrogens is 212 g/mol. The maximum Gasteiger partial charge on any atom is 0.366 e. The van der Waals surface area contributed by atoms with Gasteiger partial charge in [-0.05, 0) is 24.0 Å². The molecule has 0 spiro atoms. The van der Waals surface area contributed by atoms with E-state index in [9.17, 15) is 10.1 Å². The summed E-state index contributed by atoms with van der Waals surface area (Å²) in [7, 11) is 0. The summed E-state index contributed by atoms with van der Waals surface area (Å²) in [5, 5.41) is 19.5. The molecule has 7 nitrogen and oxygen atoms in total. The molecule has 84 valence electrons. The Morgan fingerprint density at radius 1 is 1.69 bits per heavy atom. The zero-order valence-corrected chi connectivity index (χ0v) is 8.51. The highest BCUT2D eigenvalue weighted by molar-refractivity contribution is 5.56. The largest absolute Gasteiger partial charge is 0.467 e. The summed E-state index contributed by atoms with van der Waals surface area (Å²) in [5.41, 5.74) is 0.342. The number of nitro groups is 1. The Labute approximate surface area is 90.6 Å². The van der Waals surface area contributed by atoms with Crippen LogP contribution in [-0.4, -0.2) is 15.1 Å². The normalized spacial score (nSPS) is 12.3. The number of hydrogen-bond acceptors (Lipinski definition) is 5. The van der Waals surface area contributed by atoms with Gasteiger partial charge in [0.1, 0.15) is 12.0 Å². The Kier molecular flexibility index (Phi) is 2.59. The van der Waals surface area contributed by atoms with Crippen molar-refractivity contribution in [2.75, 3.05) is 5.32 Å². The molecule has 0 amide bonds. The standard InChI is InChI=1S/C9H10N4O3/c1-6(8-3-2-4-16-8)11-7-5-10-12-9(7)13(14)15/h2-6,11H,1H3,(H,10,12). The van der Waals surface area contributed by atoms with E-state index in [0.717, 1.165) is 0 Å². The first-order valence-electron chi connectivity index (χ1n) is 4.66. The molecule has 2 aromatic heterocycles. The van der Waals surface area contributed by atoms with Gasteiger partial charge in [-0.1, -0.05) is 5.10 Å². The number of aromatic nitrogens is 2. The Morgan fingerprint density at radius 3 is 3.12 bits per heavy atom. The molecule has 0 aliphatic carbocycles. The second-order valence-corrected chi connectivity index (χ2v) is 3.27. The van der Waals surface area contributed by atoms with Crippen LogP contribution in [0.25, 0.3) is 0 Å². The van der Waals surface area contributed by atoms with Crippen LogP contribution < -0.4 is 5.32 Å². The molecule has 2 heterocycles. The van der Waals surface area contributed by atoms with Crippen LogP contribution in [-0.2, 0) is 0 Å². The minimum Gasteiger partial charge on any atom is -0.467 e. The third kappa shape index (κ3) is 1.88. The van der Waals surface area contributed by atoms with Crippen molar-refractivity contribution in [2.45, 2.75) is 13.0 Å². The zero-order valence-electron chi connectivity index (χ0n) is 8.51. The number of anilines is 1. The van der Waals surface area contributed by atoms with Crippen molar-refractivity contribution >= 4 is 11.5 Å². The van der Waals surface area contributed by atoms with Crippen molar-refractivity contribution in [2.24, 2.45) is 0 Å². The van der Waals surface area contributed by atoms with Crippen LogP contribution in [0.5, 0.6) is 0 Å². The van der Waals surface area contributed by atoms with Crippen molar-refractivity contribution in [1.82, 2.24) is 10.2 Å². The molecule has 1 atom stereocenters. The molecule has 1 unspecified atom stereocenters. The maximum atomic E-state index is 10.6. The van der Waals surface area contributed by atoms with Crippen LogP contribution in [0.1, 0.15) is 18.7 Å². The average molecular weight is 222 g/mol. The Hall–Kier alpha value is -2.31. The molecule has 0 radical (unpaired) electrons. The van der Waals surface area contributed by atoms with Crippen LogP contribution in [0.3, 0.4) is 0 Å². The molecule has 0 fully saturated rings. The van der Waals surface area contributed by atoms with E-state index in [1.54, 1.807) is 18.4 Å². The van der Waals surface area contributed by atoms with E-state index in [1.807, 2.05) is 6.92 Å². The predicted octanol–water partition coefficient (Wildman–Crippen LogP) is 2.08. The minimum absolute atomic E-state index is 0.154. The number of aromatic amines is 1. The average Bonchev–Trinajstić information content (AvgIpc) is 2.86. The summed E-state index contributed by atoms with van der Waals surface area (Å²) in [6.45, 7) is 1.84. The molecule has 7 heteroatoms. The third-order valence-electron chi connectivity index (χ3n) is 2.14. The SMILES string of the molecule is CC(Nc1cn[nH]c1[N+](=O)[O-])c1ccco1. The molecule has 2 aromatic rings. The number of nitrogens with one attached hydrogen (secondary N) is 2. The summed E-state index contributed by atoms with van der Waals surface area (Å²) in [6, 6.07) is 3.40.